The molecule has 0 aliphatic rings. The maximum atomic E-state index is 10.4. The van der Waals surface area contributed by atoms with Crippen molar-refractivity contribution < 1.29 is 29.5 Å². The van der Waals surface area contributed by atoms with E-state index in [2.05, 4.69) is 0 Å². The molecule has 0 aromatic heterocycles. The molecular formula is H6FO5P. The Kier molecular flexibility index (Phi) is 9.38. The second-order valence-electron chi connectivity index (χ2n) is 0.473. The van der Waals surface area contributed by atoms with Crippen molar-refractivity contribution in [3.63, 3.8) is 0 Å². The molecule has 48 valence electrons. The van der Waals surface area contributed by atoms with Gasteiger partial charge in [0.25, 0.3) is 0 Å². The van der Waals surface area contributed by atoms with E-state index in [1.165, 1.54) is 0 Å². The molecule has 0 aliphatic heterocycles. The monoisotopic (exact) mass is 136 g/mol. The van der Waals surface area contributed by atoms with Crippen molar-refractivity contribution in [3.8, 4) is 0 Å². The first-order valence-electron chi connectivity index (χ1n) is 0.752. The molecule has 0 aliphatic carbocycles. The van der Waals surface area contributed by atoms with E-state index < -0.39 is 7.91 Å². The number of hydrogen-bond acceptors (Lipinski definition) is 1. The van der Waals surface area contributed by atoms with Gasteiger partial charge in [0.05, 0.1) is 0 Å². The van der Waals surface area contributed by atoms with Crippen molar-refractivity contribution in [2.24, 2.45) is 0 Å². The molecule has 0 spiro atoms. The van der Waals surface area contributed by atoms with Crippen LogP contribution < -0.4 is 0 Å². The summed E-state index contributed by atoms with van der Waals surface area (Å²) >= 11 is 0. The second-order valence-corrected chi connectivity index (χ2v) is 1.42. The normalized spacial score (nSPS) is 8.43. The van der Waals surface area contributed by atoms with Crippen LogP contribution in [0.2, 0.25) is 0 Å². The Balaban J connectivity index is -0.0000000800. The molecule has 0 saturated heterocycles. The Hall–Kier alpha value is -0.0000000000000000555. The summed E-state index contributed by atoms with van der Waals surface area (Å²) in [6.07, 6.45) is 0. The fourth-order valence-corrected chi connectivity index (χ4v) is 0. The van der Waals surface area contributed by atoms with Gasteiger partial charge in [-0.05, 0) is 0 Å². The van der Waals surface area contributed by atoms with Gasteiger partial charge < -0.3 is 11.0 Å². The molecule has 0 aromatic rings. The lowest BCUT2D eigenvalue weighted by atomic mass is 15.8. The molecule has 0 amide bonds. The number of rotatable bonds is 0. The molecule has 0 aromatic carbocycles. The molecule has 0 fully saturated rings. The topological polar surface area (TPSA) is 121 Å². The molecule has 7 heteroatoms. The first-order valence-corrected chi connectivity index (χ1v) is 2.25. The molecule has 0 heterocycles. The van der Waals surface area contributed by atoms with Gasteiger partial charge in [-0.25, -0.2) is 4.57 Å². The van der Waals surface area contributed by atoms with Crippen molar-refractivity contribution in [1.82, 2.24) is 0 Å². The fourth-order valence-electron chi connectivity index (χ4n) is 0. The van der Waals surface area contributed by atoms with Gasteiger partial charge in [-0.1, -0.05) is 0 Å². The van der Waals surface area contributed by atoms with Crippen molar-refractivity contribution in [1.29, 1.82) is 0 Å². The largest absolute Gasteiger partial charge is 0.507 e. The fraction of sp³-hybridized carbons (Fsp3) is 0. The Morgan fingerprint density at radius 3 is 1.29 bits per heavy atom. The van der Waals surface area contributed by atoms with Crippen LogP contribution in [0.1, 0.15) is 0 Å². The zero-order chi connectivity index (χ0) is 4.50. The van der Waals surface area contributed by atoms with Crippen molar-refractivity contribution in [2.45, 2.75) is 0 Å². The summed E-state index contributed by atoms with van der Waals surface area (Å²) in [5.74, 6) is 0. The third kappa shape index (κ3) is 31200000000000001530127419694907392. The SMILES string of the molecule is O.O.O=P(O)(O)F. The molecule has 6 N–H and O–H groups in total. The number of hydrogen-bond donors (Lipinski definition) is 2. The van der Waals surface area contributed by atoms with Crippen molar-refractivity contribution >= 4 is 7.91 Å². The van der Waals surface area contributed by atoms with Crippen LogP contribution in [-0.4, -0.2) is 20.7 Å². The van der Waals surface area contributed by atoms with Gasteiger partial charge in [0.15, 0.2) is 0 Å². The predicted octanol–water partition coefficient (Wildman–Crippen LogP) is -1.60. The molecule has 0 unspecified atom stereocenters. The van der Waals surface area contributed by atoms with Gasteiger partial charge in [-0.3, -0.25) is 9.79 Å². The molecule has 0 saturated carbocycles. The van der Waals surface area contributed by atoms with Gasteiger partial charge in [-0.15, -0.1) is 4.20 Å². The van der Waals surface area contributed by atoms with E-state index in [1.54, 1.807) is 0 Å². The van der Waals surface area contributed by atoms with Gasteiger partial charge in [0.1, 0.15) is 0 Å². The maximum Gasteiger partial charge on any atom is 0.507 e. The van der Waals surface area contributed by atoms with Crippen LogP contribution in [-0.2, 0) is 4.57 Å². The standard InChI is InChI=1S/FH2O3P.2H2O/c1-5(2,3)4;;/h(H2,2,3,4);2*1H2. The Labute approximate surface area is 38.7 Å². The van der Waals surface area contributed by atoms with Crippen molar-refractivity contribution in [2.75, 3.05) is 0 Å². The smallest absolute Gasteiger partial charge is 0.412 e. The van der Waals surface area contributed by atoms with Crippen LogP contribution in [0.5, 0.6) is 0 Å². The lowest BCUT2D eigenvalue weighted by Crippen LogP contribution is -1.56. The van der Waals surface area contributed by atoms with Gasteiger partial charge >= 0.3 is 7.91 Å². The van der Waals surface area contributed by atoms with E-state index in [0.717, 1.165) is 0 Å². The van der Waals surface area contributed by atoms with Gasteiger partial charge in [-0.2, -0.15) is 0 Å². The zero-order valence-corrected chi connectivity index (χ0v) is 4.02. The zero-order valence-electron chi connectivity index (χ0n) is 3.13. The summed E-state index contributed by atoms with van der Waals surface area (Å²) in [4.78, 5) is 13.9. The molecule has 5 nitrogen and oxygen atoms in total. The van der Waals surface area contributed by atoms with E-state index in [-0.39, 0.29) is 11.0 Å². The maximum absolute atomic E-state index is 10.4. The minimum Gasteiger partial charge on any atom is -0.412 e. The lowest BCUT2D eigenvalue weighted by molar-refractivity contribution is 0.322. The summed E-state index contributed by atoms with van der Waals surface area (Å²) in [7, 11) is -5.14. The quantitative estimate of drug-likeness (QED) is 0.390. The molecular weight excluding hydrogens is 130 g/mol. The first-order chi connectivity index (χ1) is 2.00. The van der Waals surface area contributed by atoms with Crippen LogP contribution in [0.25, 0.3) is 0 Å². The molecule has 7 heavy (non-hydrogen) atoms. The highest BCUT2D eigenvalue weighted by Gasteiger charge is 2.04. The molecule has 0 rings (SSSR count). The average Bonchev–Trinajstić information content (AvgIpc) is 0.722. The van der Waals surface area contributed by atoms with E-state index >= 15 is 0 Å². The van der Waals surface area contributed by atoms with Crippen LogP contribution in [0, 0.1) is 0 Å². The highest BCUT2D eigenvalue weighted by molar-refractivity contribution is 7.45. The second kappa shape index (κ2) is 4.17. The van der Waals surface area contributed by atoms with Crippen molar-refractivity contribution in [3.05, 3.63) is 0 Å². The third-order valence-corrected chi connectivity index (χ3v) is 0. The Morgan fingerprint density at radius 1 is 1.29 bits per heavy atom. The lowest BCUT2D eigenvalue weighted by Gasteiger charge is -1.77. The average molecular weight is 136 g/mol. The van der Waals surface area contributed by atoms with Crippen LogP contribution in [0.3, 0.4) is 0 Å². The van der Waals surface area contributed by atoms with Gasteiger partial charge in [0.2, 0.25) is 0 Å². The third-order valence-electron chi connectivity index (χ3n) is 0. The summed E-state index contributed by atoms with van der Waals surface area (Å²) < 4.78 is 19.0. The highest BCUT2D eigenvalue weighted by atomic mass is 31.2. The minimum absolute atomic E-state index is 0. The predicted molar refractivity (Wildman–Crippen MR) is 20.4 cm³/mol. The van der Waals surface area contributed by atoms with Crippen LogP contribution in [0.4, 0.5) is 4.20 Å². The van der Waals surface area contributed by atoms with Crippen LogP contribution in [0.15, 0.2) is 0 Å². The first kappa shape index (κ1) is 15.8. The summed E-state index contributed by atoms with van der Waals surface area (Å²) in [6.45, 7) is 0. The number of halogens is 1. The summed E-state index contributed by atoms with van der Waals surface area (Å²) in [6, 6.07) is 0. The molecule has 0 bridgehead atoms. The van der Waals surface area contributed by atoms with Gasteiger partial charge in [0, 0.05) is 0 Å². The Bertz CT molecular complexity index is 54.2. The Morgan fingerprint density at radius 2 is 1.29 bits per heavy atom. The summed E-state index contributed by atoms with van der Waals surface area (Å²) in [5, 5.41) is 0. The van der Waals surface area contributed by atoms with Crippen LogP contribution >= 0.6 is 7.91 Å². The molecule has 0 radical (unpaired) electrons. The molecule has 0 atom stereocenters. The van der Waals surface area contributed by atoms with E-state index in [0.29, 0.717) is 0 Å². The summed E-state index contributed by atoms with van der Waals surface area (Å²) in [5.41, 5.74) is 0. The minimum atomic E-state index is -5.14. The highest BCUT2D eigenvalue weighted by Crippen LogP contribution is 2.34. The van der Waals surface area contributed by atoms with E-state index in [9.17, 15) is 4.20 Å². The van der Waals surface area contributed by atoms with E-state index in [1.807, 2.05) is 0 Å². The van der Waals surface area contributed by atoms with E-state index in [4.69, 9.17) is 14.4 Å².